The number of rotatable bonds is 2. The minimum Gasteiger partial charge on any atom is -0.335 e. The zero-order valence-electron chi connectivity index (χ0n) is 8.88. The highest BCUT2D eigenvalue weighted by molar-refractivity contribution is 7.71. The van der Waals surface area contributed by atoms with Gasteiger partial charge in [-0.2, -0.15) is 4.98 Å². The number of nitrogens with zero attached hydrogens (tertiary/aromatic N) is 1. The smallest absolute Gasteiger partial charge is 0.321 e. The Labute approximate surface area is 98.2 Å². The van der Waals surface area contributed by atoms with Gasteiger partial charge in [-0.05, 0) is 25.1 Å². The van der Waals surface area contributed by atoms with Crippen molar-refractivity contribution in [3.05, 3.63) is 4.77 Å². The molecule has 0 aromatic carbocycles. The molecule has 7 heteroatoms. The fourth-order valence-electron chi connectivity index (χ4n) is 1.91. The van der Waals surface area contributed by atoms with Gasteiger partial charge in [0, 0.05) is 6.04 Å². The molecule has 0 radical (unpaired) electrons. The molecule has 1 aliphatic carbocycles. The molecular formula is C9H15N5OS. The van der Waals surface area contributed by atoms with E-state index in [0.717, 1.165) is 12.8 Å². The Morgan fingerprint density at radius 1 is 1.31 bits per heavy atom. The van der Waals surface area contributed by atoms with Gasteiger partial charge in [0.15, 0.2) is 0 Å². The van der Waals surface area contributed by atoms with E-state index in [1.165, 1.54) is 19.3 Å². The van der Waals surface area contributed by atoms with Crippen LogP contribution in [0.25, 0.3) is 0 Å². The van der Waals surface area contributed by atoms with E-state index in [-0.39, 0.29) is 12.1 Å². The van der Waals surface area contributed by atoms with Crippen LogP contribution in [-0.2, 0) is 0 Å². The van der Waals surface area contributed by atoms with Gasteiger partial charge in [-0.15, -0.1) is 0 Å². The van der Waals surface area contributed by atoms with Crippen LogP contribution in [0, 0.1) is 4.77 Å². The van der Waals surface area contributed by atoms with E-state index in [2.05, 4.69) is 25.8 Å². The van der Waals surface area contributed by atoms with Crippen LogP contribution in [0.4, 0.5) is 10.7 Å². The number of hydrogen-bond acceptors (Lipinski definition) is 3. The Hall–Kier alpha value is -1.37. The minimum atomic E-state index is -0.232. The van der Waals surface area contributed by atoms with E-state index in [1.807, 2.05) is 0 Å². The van der Waals surface area contributed by atoms with Crippen molar-refractivity contribution < 1.29 is 4.79 Å². The van der Waals surface area contributed by atoms with E-state index < -0.39 is 0 Å². The summed E-state index contributed by atoms with van der Waals surface area (Å²) in [5, 5.41) is 10.8. The second-order valence-corrected chi connectivity index (χ2v) is 4.34. The van der Waals surface area contributed by atoms with Crippen LogP contribution >= 0.6 is 12.2 Å². The zero-order valence-corrected chi connectivity index (χ0v) is 9.69. The molecule has 0 unspecified atom stereocenters. The molecule has 4 N–H and O–H groups in total. The predicted molar refractivity (Wildman–Crippen MR) is 62.8 cm³/mol. The molecule has 1 aromatic rings. The summed E-state index contributed by atoms with van der Waals surface area (Å²) < 4.78 is 0.327. The summed E-state index contributed by atoms with van der Waals surface area (Å²) in [6.45, 7) is 0. The maximum absolute atomic E-state index is 11.6. The summed E-state index contributed by atoms with van der Waals surface area (Å²) in [5.41, 5.74) is 0. The number of nitrogens with one attached hydrogen (secondary N) is 4. The summed E-state index contributed by atoms with van der Waals surface area (Å²) in [6, 6.07) is 0.0558. The third-order valence-corrected chi connectivity index (χ3v) is 2.87. The van der Waals surface area contributed by atoms with Gasteiger partial charge in [0.1, 0.15) is 0 Å². The van der Waals surface area contributed by atoms with Gasteiger partial charge in [-0.1, -0.05) is 19.3 Å². The first kappa shape index (κ1) is 11.1. The van der Waals surface area contributed by atoms with E-state index in [9.17, 15) is 4.79 Å². The molecular weight excluding hydrogens is 226 g/mol. The van der Waals surface area contributed by atoms with E-state index in [4.69, 9.17) is 12.2 Å². The van der Waals surface area contributed by atoms with E-state index in [0.29, 0.717) is 10.7 Å². The van der Waals surface area contributed by atoms with Crippen molar-refractivity contribution in [1.29, 1.82) is 0 Å². The lowest BCUT2D eigenvalue weighted by atomic mass is 9.96. The number of amides is 2. The monoisotopic (exact) mass is 241 g/mol. The normalized spacial score (nSPS) is 17.0. The molecule has 1 aliphatic rings. The van der Waals surface area contributed by atoms with E-state index in [1.54, 1.807) is 0 Å². The van der Waals surface area contributed by atoms with Gasteiger partial charge in [0.2, 0.25) is 10.7 Å². The third kappa shape index (κ3) is 3.06. The summed E-state index contributed by atoms with van der Waals surface area (Å²) in [4.78, 5) is 15.4. The molecule has 2 rings (SSSR count). The van der Waals surface area contributed by atoms with Crippen LogP contribution in [0.2, 0.25) is 0 Å². The first-order valence-corrected chi connectivity index (χ1v) is 5.87. The average Bonchev–Trinajstić information content (AvgIpc) is 2.65. The summed E-state index contributed by atoms with van der Waals surface area (Å²) in [5.74, 6) is 0.346. The maximum atomic E-state index is 11.6. The quantitative estimate of drug-likeness (QED) is 0.597. The number of aromatic nitrogens is 3. The number of urea groups is 1. The summed E-state index contributed by atoms with van der Waals surface area (Å²) >= 11 is 4.78. The lowest BCUT2D eigenvalue weighted by molar-refractivity contribution is 0.244. The van der Waals surface area contributed by atoms with Crippen molar-refractivity contribution in [2.75, 3.05) is 5.32 Å². The van der Waals surface area contributed by atoms with Crippen molar-refractivity contribution in [3.8, 4) is 0 Å². The summed E-state index contributed by atoms with van der Waals surface area (Å²) in [6.07, 6.45) is 5.77. The number of aromatic amines is 2. The lowest BCUT2D eigenvalue weighted by Crippen LogP contribution is -2.39. The molecule has 6 nitrogen and oxygen atoms in total. The highest BCUT2D eigenvalue weighted by Gasteiger charge is 2.15. The number of anilines is 1. The number of hydrogen-bond donors (Lipinski definition) is 4. The Bertz CT molecular complexity index is 406. The molecule has 1 saturated carbocycles. The van der Waals surface area contributed by atoms with Crippen LogP contribution in [0.3, 0.4) is 0 Å². The van der Waals surface area contributed by atoms with Crippen molar-refractivity contribution in [1.82, 2.24) is 20.5 Å². The first-order chi connectivity index (χ1) is 7.74. The Balaban J connectivity index is 1.81. The van der Waals surface area contributed by atoms with Crippen molar-refractivity contribution in [2.24, 2.45) is 0 Å². The molecule has 0 bridgehead atoms. The van der Waals surface area contributed by atoms with Gasteiger partial charge >= 0.3 is 6.03 Å². The maximum Gasteiger partial charge on any atom is 0.321 e. The van der Waals surface area contributed by atoms with Gasteiger partial charge in [0.25, 0.3) is 0 Å². The molecule has 0 saturated heterocycles. The lowest BCUT2D eigenvalue weighted by Gasteiger charge is -2.22. The van der Waals surface area contributed by atoms with Gasteiger partial charge in [0.05, 0.1) is 0 Å². The molecule has 0 atom stereocenters. The largest absolute Gasteiger partial charge is 0.335 e. The second-order valence-electron chi connectivity index (χ2n) is 3.95. The molecule has 2 amide bonds. The van der Waals surface area contributed by atoms with Crippen LogP contribution < -0.4 is 10.6 Å². The fourth-order valence-corrected chi connectivity index (χ4v) is 2.05. The molecule has 0 aliphatic heterocycles. The highest BCUT2D eigenvalue weighted by atomic mass is 32.1. The van der Waals surface area contributed by atoms with Crippen LogP contribution in [-0.4, -0.2) is 27.3 Å². The van der Waals surface area contributed by atoms with Gasteiger partial charge < -0.3 is 5.32 Å². The molecule has 0 spiro atoms. The molecule has 88 valence electrons. The second kappa shape index (κ2) is 5.11. The van der Waals surface area contributed by atoms with Gasteiger partial charge in [-0.25, -0.2) is 4.79 Å². The van der Waals surface area contributed by atoms with Crippen LogP contribution in [0.15, 0.2) is 0 Å². The molecule has 1 heterocycles. The zero-order chi connectivity index (χ0) is 11.4. The van der Waals surface area contributed by atoms with Gasteiger partial charge in [-0.3, -0.25) is 15.5 Å². The summed E-state index contributed by atoms with van der Waals surface area (Å²) in [7, 11) is 0. The van der Waals surface area contributed by atoms with Crippen molar-refractivity contribution in [3.63, 3.8) is 0 Å². The van der Waals surface area contributed by atoms with Crippen molar-refractivity contribution >= 4 is 24.2 Å². The SMILES string of the molecule is O=C(Nc1nc(=S)[nH][nH]1)NC1CCCCC1. The number of H-pyrrole nitrogens is 2. The van der Waals surface area contributed by atoms with Crippen LogP contribution in [0.5, 0.6) is 0 Å². The average molecular weight is 241 g/mol. The Morgan fingerprint density at radius 2 is 2.06 bits per heavy atom. The first-order valence-electron chi connectivity index (χ1n) is 5.46. The minimum absolute atomic E-state index is 0.232. The number of carbonyl (C=O) groups is 1. The standard InChI is InChI=1S/C9H15N5OS/c15-8(10-6-4-2-1-3-5-6)11-7-12-9(16)14-13-7/h6H,1-5H2,(H4,10,11,12,13,14,15,16). The highest BCUT2D eigenvalue weighted by Crippen LogP contribution is 2.17. The third-order valence-electron chi connectivity index (χ3n) is 2.67. The predicted octanol–water partition coefficient (Wildman–Crippen LogP) is 1.92. The molecule has 1 fully saturated rings. The van der Waals surface area contributed by atoms with E-state index >= 15 is 0 Å². The molecule has 1 aromatic heterocycles. The van der Waals surface area contributed by atoms with Crippen LogP contribution in [0.1, 0.15) is 32.1 Å². The topological polar surface area (TPSA) is 85.6 Å². The Kier molecular flexibility index (Phi) is 3.55. The number of carbonyl (C=O) groups excluding carboxylic acids is 1. The molecule has 16 heavy (non-hydrogen) atoms. The fraction of sp³-hybridized carbons (Fsp3) is 0.667. The Morgan fingerprint density at radius 3 is 2.69 bits per heavy atom. The van der Waals surface area contributed by atoms with Crippen molar-refractivity contribution in [2.45, 2.75) is 38.1 Å².